The Morgan fingerprint density at radius 3 is 2.73 bits per heavy atom. The van der Waals surface area contributed by atoms with Crippen molar-refractivity contribution in [3.8, 4) is 17.6 Å². The van der Waals surface area contributed by atoms with Crippen LogP contribution in [0.1, 0.15) is 12.1 Å². The van der Waals surface area contributed by atoms with Gasteiger partial charge in [-0.05, 0) is 55.0 Å². The number of hydrogen-bond donors (Lipinski definition) is 3. The van der Waals surface area contributed by atoms with Crippen LogP contribution in [0.5, 0.6) is 5.75 Å². The summed E-state index contributed by atoms with van der Waals surface area (Å²) in [6.45, 7) is 1.44. The Bertz CT molecular complexity index is 1350. The molecule has 11 heteroatoms. The molecule has 7 nitrogen and oxygen atoms in total. The Kier molecular flexibility index (Phi) is 10.1. The number of hydrogen-bond acceptors (Lipinski definition) is 7. The summed E-state index contributed by atoms with van der Waals surface area (Å²) in [6, 6.07) is 12.9. The number of likely N-dealkylation sites (tertiary alicyclic amines) is 1. The Hall–Kier alpha value is -3.04. The fourth-order valence-electron chi connectivity index (χ4n) is 4.96. The molecule has 2 heterocycles. The van der Waals surface area contributed by atoms with Crippen LogP contribution in [0.25, 0.3) is 10.9 Å². The van der Waals surface area contributed by atoms with Crippen molar-refractivity contribution < 1.29 is 27.8 Å². The zero-order valence-electron chi connectivity index (χ0n) is 22.8. The Labute approximate surface area is 237 Å². The SMILES string of the molecule is COCC(O)CN1CCC(Nc2cccc3c2cc(C#CCNc2ccc(SC)cc2OC)n3CC(F)(F)F)C1. The van der Waals surface area contributed by atoms with Crippen LogP contribution in [0.2, 0.25) is 0 Å². The zero-order chi connectivity index (χ0) is 28.7. The van der Waals surface area contributed by atoms with Gasteiger partial charge in [0, 0.05) is 48.8 Å². The summed E-state index contributed by atoms with van der Waals surface area (Å²) in [7, 11) is 3.14. The van der Waals surface area contributed by atoms with Gasteiger partial charge in [0.15, 0.2) is 0 Å². The van der Waals surface area contributed by atoms with Gasteiger partial charge in [-0.2, -0.15) is 13.2 Å². The number of fused-ring (bicyclic) bond motifs is 1. The lowest BCUT2D eigenvalue weighted by molar-refractivity contribution is -0.140. The molecule has 3 aromatic rings. The number of alkyl halides is 3. The lowest BCUT2D eigenvalue weighted by Crippen LogP contribution is -2.34. The van der Waals surface area contributed by atoms with Crippen molar-refractivity contribution in [3.05, 3.63) is 48.2 Å². The van der Waals surface area contributed by atoms with Gasteiger partial charge in [0.05, 0.1) is 43.3 Å². The summed E-state index contributed by atoms with van der Waals surface area (Å²) >= 11 is 1.60. The minimum absolute atomic E-state index is 0.109. The molecule has 0 radical (unpaired) electrons. The van der Waals surface area contributed by atoms with Gasteiger partial charge >= 0.3 is 6.18 Å². The Morgan fingerprint density at radius 2 is 2.00 bits per heavy atom. The minimum Gasteiger partial charge on any atom is -0.495 e. The second-order valence-corrected chi connectivity index (χ2v) is 10.6. The number of anilines is 2. The van der Waals surface area contributed by atoms with Crippen molar-refractivity contribution in [1.29, 1.82) is 0 Å². The van der Waals surface area contributed by atoms with Gasteiger partial charge in [0.25, 0.3) is 0 Å². The van der Waals surface area contributed by atoms with Gasteiger partial charge in [-0.3, -0.25) is 4.90 Å². The molecule has 1 saturated heterocycles. The lowest BCUT2D eigenvalue weighted by Gasteiger charge is -2.20. The number of nitrogens with zero attached hydrogens (tertiary/aromatic N) is 2. The predicted octanol–water partition coefficient (Wildman–Crippen LogP) is 4.89. The molecule has 216 valence electrons. The molecule has 2 unspecified atom stereocenters. The fourth-order valence-corrected chi connectivity index (χ4v) is 5.39. The highest BCUT2D eigenvalue weighted by atomic mass is 32.2. The molecular formula is C29H35F3N4O3S. The number of β-amino-alcohol motifs (C(OH)–C–C–N with tert-alkyl or cyclic N) is 1. The molecule has 2 atom stereocenters. The number of rotatable bonds is 11. The standard InChI is InChI=1S/C29H35F3N4O3S/c1-38-18-22(37)17-35-13-11-20(16-35)34-25-7-4-8-27-24(25)14-21(36(27)19-29(30,31)32)6-5-12-33-26-10-9-23(40-3)15-28(26)39-2/h4,7-10,14-15,20,22,33-34,37H,11-13,16-19H2,1-3H3. The van der Waals surface area contributed by atoms with Gasteiger partial charge in [0.2, 0.25) is 0 Å². The second-order valence-electron chi connectivity index (χ2n) is 9.69. The summed E-state index contributed by atoms with van der Waals surface area (Å²) in [5, 5.41) is 17.4. The average Bonchev–Trinajstić information content (AvgIpc) is 3.50. The van der Waals surface area contributed by atoms with Gasteiger partial charge < -0.3 is 29.8 Å². The van der Waals surface area contributed by atoms with Crippen molar-refractivity contribution in [2.75, 3.05) is 63.9 Å². The second kappa shape index (κ2) is 13.5. The largest absolute Gasteiger partial charge is 0.495 e. The quantitative estimate of drug-likeness (QED) is 0.222. The molecule has 0 saturated carbocycles. The van der Waals surface area contributed by atoms with Crippen LogP contribution < -0.4 is 15.4 Å². The van der Waals surface area contributed by atoms with E-state index in [1.165, 1.54) is 4.57 Å². The van der Waals surface area contributed by atoms with E-state index in [9.17, 15) is 18.3 Å². The van der Waals surface area contributed by atoms with Crippen LogP contribution in [0.15, 0.2) is 47.4 Å². The Balaban J connectivity index is 1.53. The number of aliphatic hydroxyl groups is 1. The topological polar surface area (TPSA) is 70.9 Å². The van der Waals surface area contributed by atoms with E-state index in [1.54, 1.807) is 44.2 Å². The third kappa shape index (κ3) is 7.79. The van der Waals surface area contributed by atoms with E-state index in [-0.39, 0.29) is 19.2 Å². The zero-order valence-corrected chi connectivity index (χ0v) is 23.7. The van der Waals surface area contributed by atoms with Crippen molar-refractivity contribution in [2.45, 2.75) is 36.2 Å². The fraction of sp³-hybridized carbons (Fsp3) is 0.448. The van der Waals surface area contributed by atoms with Crippen LogP contribution in [-0.4, -0.2) is 86.2 Å². The number of aromatic nitrogens is 1. The van der Waals surface area contributed by atoms with E-state index in [4.69, 9.17) is 9.47 Å². The molecule has 40 heavy (non-hydrogen) atoms. The van der Waals surface area contributed by atoms with Crippen molar-refractivity contribution in [2.24, 2.45) is 0 Å². The lowest BCUT2D eigenvalue weighted by atomic mass is 10.1. The predicted molar refractivity (Wildman–Crippen MR) is 154 cm³/mol. The molecule has 1 aromatic heterocycles. The molecule has 2 aromatic carbocycles. The molecule has 0 bridgehead atoms. The summed E-state index contributed by atoms with van der Waals surface area (Å²) in [6.07, 6.45) is -2.12. The Morgan fingerprint density at radius 1 is 1.18 bits per heavy atom. The summed E-state index contributed by atoms with van der Waals surface area (Å²) in [5.74, 6) is 6.60. The normalized spacial score (nSPS) is 16.5. The third-order valence-electron chi connectivity index (χ3n) is 6.74. The molecule has 0 spiro atoms. The molecule has 0 aliphatic carbocycles. The number of benzene rings is 2. The molecule has 1 aliphatic heterocycles. The number of halogens is 3. The van der Waals surface area contributed by atoms with E-state index in [0.29, 0.717) is 28.9 Å². The molecule has 3 N–H and O–H groups in total. The maximum Gasteiger partial charge on any atom is 0.406 e. The van der Waals surface area contributed by atoms with Gasteiger partial charge in [-0.25, -0.2) is 0 Å². The highest BCUT2D eigenvalue weighted by molar-refractivity contribution is 7.98. The average molecular weight is 577 g/mol. The maximum atomic E-state index is 13.6. The highest BCUT2D eigenvalue weighted by Gasteiger charge is 2.30. The van der Waals surface area contributed by atoms with Crippen LogP contribution in [0, 0.1) is 11.8 Å². The van der Waals surface area contributed by atoms with E-state index in [0.717, 1.165) is 35.8 Å². The van der Waals surface area contributed by atoms with Crippen molar-refractivity contribution in [1.82, 2.24) is 9.47 Å². The monoisotopic (exact) mass is 576 g/mol. The maximum absolute atomic E-state index is 13.6. The molecular weight excluding hydrogens is 541 g/mol. The molecule has 1 fully saturated rings. The number of nitrogens with one attached hydrogen (secondary N) is 2. The minimum atomic E-state index is -4.40. The van der Waals surface area contributed by atoms with E-state index < -0.39 is 18.8 Å². The first-order valence-electron chi connectivity index (χ1n) is 13.0. The number of ether oxygens (including phenoxy) is 2. The first kappa shape index (κ1) is 29.9. The smallest absolute Gasteiger partial charge is 0.406 e. The summed E-state index contributed by atoms with van der Waals surface area (Å²) in [4.78, 5) is 3.22. The number of thioether (sulfide) groups is 1. The molecule has 1 aliphatic rings. The highest BCUT2D eigenvalue weighted by Crippen LogP contribution is 2.32. The van der Waals surface area contributed by atoms with E-state index in [1.807, 2.05) is 30.5 Å². The summed E-state index contributed by atoms with van der Waals surface area (Å²) in [5.41, 5.74) is 2.29. The van der Waals surface area contributed by atoms with Crippen LogP contribution in [0.3, 0.4) is 0 Å². The van der Waals surface area contributed by atoms with Crippen molar-refractivity contribution >= 4 is 34.0 Å². The first-order valence-corrected chi connectivity index (χ1v) is 14.2. The van der Waals surface area contributed by atoms with Crippen molar-refractivity contribution in [3.63, 3.8) is 0 Å². The summed E-state index contributed by atoms with van der Waals surface area (Å²) < 4.78 is 52.4. The molecule has 0 amide bonds. The number of aliphatic hydroxyl groups excluding tert-OH is 1. The van der Waals surface area contributed by atoms with Crippen LogP contribution in [0.4, 0.5) is 24.5 Å². The van der Waals surface area contributed by atoms with Crippen LogP contribution >= 0.6 is 11.8 Å². The van der Waals surface area contributed by atoms with Gasteiger partial charge in [-0.15, -0.1) is 11.8 Å². The van der Waals surface area contributed by atoms with E-state index >= 15 is 0 Å². The van der Waals surface area contributed by atoms with Gasteiger partial charge in [0.1, 0.15) is 12.3 Å². The van der Waals surface area contributed by atoms with E-state index in [2.05, 4.69) is 27.4 Å². The number of methoxy groups -OCH3 is 2. The first-order chi connectivity index (χ1) is 19.2. The van der Waals surface area contributed by atoms with Gasteiger partial charge in [-0.1, -0.05) is 12.0 Å². The molecule has 4 rings (SSSR count). The van der Waals surface area contributed by atoms with Crippen LogP contribution in [-0.2, 0) is 11.3 Å². The third-order valence-corrected chi connectivity index (χ3v) is 7.46.